The molecule has 0 aromatic rings. The van der Waals surface area contributed by atoms with Gasteiger partial charge in [0.25, 0.3) is 0 Å². The quantitative estimate of drug-likeness (QED) is 0.768. The molecule has 96 valence electrons. The molecule has 2 aliphatic carbocycles. The molecule has 2 aliphatic rings. The number of hydrogen-bond donors (Lipinski definition) is 2. The van der Waals surface area contributed by atoms with Gasteiger partial charge in [-0.3, -0.25) is 9.59 Å². The van der Waals surface area contributed by atoms with Crippen molar-refractivity contribution in [1.82, 2.24) is 5.32 Å². The molecular weight excluding hydrogens is 218 g/mol. The van der Waals surface area contributed by atoms with Crippen LogP contribution < -0.4 is 5.32 Å². The molecule has 4 nitrogen and oxygen atoms in total. The van der Waals surface area contributed by atoms with E-state index >= 15 is 0 Å². The van der Waals surface area contributed by atoms with E-state index in [2.05, 4.69) is 5.32 Å². The maximum atomic E-state index is 11.6. The van der Waals surface area contributed by atoms with Gasteiger partial charge in [-0.05, 0) is 18.8 Å². The highest BCUT2D eigenvalue weighted by atomic mass is 16.4. The summed E-state index contributed by atoms with van der Waals surface area (Å²) in [4.78, 5) is 22.2. The third-order valence-corrected chi connectivity index (χ3v) is 4.02. The molecule has 0 aromatic heterocycles. The van der Waals surface area contributed by atoms with Crippen LogP contribution in [-0.4, -0.2) is 23.5 Å². The predicted molar refractivity (Wildman–Crippen MR) is 63.4 cm³/mol. The van der Waals surface area contributed by atoms with Crippen molar-refractivity contribution in [2.24, 2.45) is 17.8 Å². The Morgan fingerprint density at radius 1 is 1.12 bits per heavy atom. The molecule has 2 N–H and O–H groups in total. The van der Waals surface area contributed by atoms with Gasteiger partial charge in [-0.15, -0.1) is 0 Å². The molecular formula is C13H21NO3. The minimum absolute atomic E-state index is 0.0618. The van der Waals surface area contributed by atoms with Gasteiger partial charge in [0.2, 0.25) is 5.91 Å². The van der Waals surface area contributed by atoms with Crippen LogP contribution in [0.5, 0.6) is 0 Å². The Labute approximate surface area is 102 Å². The third kappa shape index (κ3) is 3.45. The molecule has 2 unspecified atom stereocenters. The van der Waals surface area contributed by atoms with Crippen LogP contribution in [0.4, 0.5) is 0 Å². The Morgan fingerprint density at radius 3 is 2.41 bits per heavy atom. The van der Waals surface area contributed by atoms with E-state index in [-0.39, 0.29) is 11.8 Å². The number of aliphatic carboxylic acids is 1. The van der Waals surface area contributed by atoms with E-state index < -0.39 is 11.9 Å². The molecule has 4 heteroatoms. The second kappa shape index (κ2) is 5.52. The molecule has 2 rings (SSSR count). The highest BCUT2D eigenvalue weighted by Crippen LogP contribution is 2.38. The Bertz CT molecular complexity index is 297. The van der Waals surface area contributed by atoms with Gasteiger partial charge in [0.05, 0.1) is 11.8 Å². The minimum atomic E-state index is -0.836. The van der Waals surface area contributed by atoms with E-state index in [1.165, 1.54) is 32.1 Å². The molecule has 0 aromatic carbocycles. The lowest BCUT2D eigenvalue weighted by Crippen LogP contribution is -2.28. The van der Waals surface area contributed by atoms with E-state index in [1.54, 1.807) is 0 Å². The van der Waals surface area contributed by atoms with E-state index in [0.29, 0.717) is 13.0 Å². The van der Waals surface area contributed by atoms with Crippen molar-refractivity contribution in [2.45, 2.75) is 44.9 Å². The maximum Gasteiger partial charge on any atom is 0.307 e. The lowest BCUT2D eigenvalue weighted by atomic mass is 9.87. The van der Waals surface area contributed by atoms with Gasteiger partial charge in [0.1, 0.15) is 0 Å². The molecule has 2 fully saturated rings. The van der Waals surface area contributed by atoms with Crippen LogP contribution in [0.1, 0.15) is 44.9 Å². The van der Waals surface area contributed by atoms with Crippen molar-refractivity contribution in [3.8, 4) is 0 Å². The van der Waals surface area contributed by atoms with Gasteiger partial charge in [-0.2, -0.15) is 0 Å². The number of carbonyl (C=O) groups is 2. The summed E-state index contributed by atoms with van der Waals surface area (Å²) in [6.45, 7) is 0.715. The van der Waals surface area contributed by atoms with Crippen molar-refractivity contribution in [1.29, 1.82) is 0 Å². The van der Waals surface area contributed by atoms with Crippen LogP contribution in [0.2, 0.25) is 0 Å². The fourth-order valence-electron chi connectivity index (χ4n) is 2.76. The molecule has 2 atom stereocenters. The zero-order chi connectivity index (χ0) is 12.3. The first-order valence-electron chi connectivity index (χ1n) is 6.69. The van der Waals surface area contributed by atoms with Gasteiger partial charge in [0, 0.05) is 6.54 Å². The lowest BCUT2D eigenvalue weighted by molar-refractivity contribution is -0.140. The van der Waals surface area contributed by atoms with Gasteiger partial charge in [-0.25, -0.2) is 0 Å². The first kappa shape index (κ1) is 12.4. The van der Waals surface area contributed by atoms with E-state index in [9.17, 15) is 9.59 Å². The van der Waals surface area contributed by atoms with Crippen LogP contribution >= 0.6 is 0 Å². The van der Waals surface area contributed by atoms with Crippen LogP contribution in [0, 0.1) is 17.8 Å². The number of carboxylic acids is 1. The van der Waals surface area contributed by atoms with E-state index in [4.69, 9.17) is 5.11 Å². The third-order valence-electron chi connectivity index (χ3n) is 4.02. The summed E-state index contributed by atoms with van der Waals surface area (Å²) in [5.41, 5.74) is 0. The van der Waals surface area contributed by atoms with Crippen molar-refractivity contribution >= 4 is 11.9 Å². The van der Waals surface area contributed by atoms with Crippen LogP contribution in [0.15, 0.2) is 0 Å². The summed E-state index contributed by atoms with van der Waals surface area (Å²) < 4.78 is 0. The molecule has 0 radical (unpaired) electrons. The van der Waals surface area contributed by atoms with E-state index in [1.807, 2.05) is 0 Å². The monoisotopic (exact) mass is 239 g/mol. The van der Waals surface area contributed by atoms with Gasteiger partial charge in [0.15, 0.2) is 0 Å². The zero-order valence-electron chi connectivity index (χ0n) is 10.2. The van der Waals surface area contributed by atoms with Crippen LogP contribution in [0.3, 0.4) is 0 Å². The number of carbonyl (C=O) groups excluding carboxylic acids is 1. The Morgan fingerprint density at radius 2 is 1.82 bits per heavy atom. The van der Waals surface area contributed by atoms with Gasteiger partial charge < -0.3 is 10.4 Å². The average molecular weight is 239 g/mol. The number of rotatable bonds is 5. The molecule has 1 amide bonds. The largest absolute Gasteiger partial charge is 0.481 e. The fraction of sp³-hybridized carbons (Fsp3) is 0.846. The van der Waals surface area contributed by atoms with E-state index in [0.717, 1.165) is 12.3 Å². The summed E-state index contributed by atoms with van der Waals surface area (Å²) in [6, 6.07) is 0. The predicted octanol–water partition coefficient (Wildman–Crippen LogP) is 1.79. The summed E-state index contributed by atoms with van der Waals surface area (Å²) >= 11 is 0. The molecule has 0 heterocycles. The number of hydrogen-bond acceptors (Lipinski definition) is 2. The molecule has 2 saturated carbocycles. The van der Waals surface area contributed by atoms with Crippen molar-refractivity contribution < 1.29 is 14.7 Å². The minimum Gasteiger partial charge on any atom is -0.481 e. The van der Waals surface area contributed by atoms with Gasteiger partial charge >= 0.3 is 5.97 Å². The van der Waals surface area contributed by atoms with Crippen molar-refractivity contribution in [3.05, 3.63) is 0 Å². The Hall–Kier alpha value is -1.06. The Kier molecular flexibility index (Phi) is 4.02. The SMILES string of the molecule is O=C(O)C1CC1C(=O)NCCC1CCCCC1. The van der Waals surface area contributed by atoms with Crippen molar-refractivity contribution in [3.63, 3.8) is 0 Å². The highest BCUT2D eigenvalue weighted by Gasteiger charge is 2.48. The van der Waals surface area contributed by atoms with Crippen LogP contribution in [-0.2, 0) is 9.59 Å². The topological polar surface area (TPSA) is 66.4 Å². The molecule has 0 bridgehead atoms. The Balaban J connectivity index is 1.59. The highest BCUT2D eigenvalue weighted by molar-refractivity contribution is 5.89. The zero-order valence-corrected chi connectivity index (χ0v) is 10.2. The first-order chi connectivity index (χ1) is 8.18. The summed E-state index contributed by atoms with van der Waals surface area (Å²) in [6.07, 6.45) is 8.14. The van der Waals surface area contributed by atoms with Crippen LogP contribution in [0.25, 0.3) is 0 Å². The standard InChI is InChI=1S/C13H21NO3/c15-12(10-8-11(10)13(16)17)14-7-6-9-4-2-1-3-5-9/h9-11H,1-8H2,(H,14,15)(H,16,17). The lowest BCUT2D eigenvalue weighted by Gasteiger charge is -2.21. The summed E-state index contributed by atoms with van der Waals surface area (Å²) in [7, 11) is 0. The maximum absolute atomic E-state index is 11.6. The molecule has 17 heavy (non-hydrogen) atoms. The number of nitrogens with one attached hydrogen (secondary N) is 1. The second-order valence-corrected chi connectivity index (χ2v) is 5.37. The molecule has 0 aliphatic heterocycles. The molecule has 0 saturated heterocycles. The number of amides is 1. The second-order valence-electron chi connectivity index (χ2n) is 5.37. The van der Waals surface area contributed by atoms with Crippen molar-refractivity contribution in [2.75, 3.05) is 6.54 Å². The smallest absolute Gasteiger partial charge is 0.307 e. The van der Waals surface area contributed by atoms with Gasteiger partial charge in [-0.1, -0.05) is 32.1 Å². The fourth-order valence-corrected chi connectivity index (χ4v) is 2.76. The normalized spacial score (nSPS) is 28.7. The molecule has 0 spiro atoms. The summed E-state index contributed by atoms with van der Waals surface area (Å²) in [5.74, 6) is -0.826. The summed E-state index contributed by atoms with van der Waals surface area (Å²) in [5, 5.41) is 11.6. The number of carboxylic acid groups (broad SMARTS) is 1. The first-order valence-corrected chi connectivity index (χ1v) is 6.69. The average Bonchev–Trinajstić information content (AvgIpc) is 3.10.